The predicted octanol–water partition coefficient (Wildman–Crippen LogP) is 0.862. The summed E-state index contributed by atoms with van der Waals surface area (Å²) in [7, 11) is 2.45. The average molecular weight is 871 g/mol. The van der Waals surface area contributed by atoms with E-state index < -0.39 is 84.6 Å². The summed E-state index contributed by atoms with van der Waals surface area (Å²) in [6, 6.07) is 5.20. The van der Waals surface area contributed by atoms with Crippen molar-refractivity contribution in [2.75, 3.05) is 32.2 Å². The second-order valence-electron chi connectivity index (χ2n) is 12.9. The number of carbonyl (C=O) groups excluding carboxylic acids is 6. The maximum Gasteiger partial charge on any atom is 0.410 e. The molecule has 0 saturated carbocycles. The van der Waals surface area contributed by atoms with E-state index in [9.17, 15) is 48.3 Å². The van der Waals surface area contributed by atoms with Crippen LogP contribution in [0.4, 0.5) is 9.59 Å². The molecule has 23 heteroatoms. The van der Waals surface area contributed by atoms with Crippen LogP contribution in [0.25, 0.3) is 0 Å². The minimum atomic E-state index is -1.31. The molecule has 0 radical (unpaired) electrons. The number of alkyl carbamates (subject to hydrolysis) is 2. The van der Waals surface area contributed by atoms with Crippen LogP contribution in [0.1, 0.15) is 63.4 Å². The van der Waals surface area contributed by atoms with Crippen molar-refractivity contribution in [3.8, 4) is 0 Å². The number of hydrogen-bond acceptors (Lipinski definition) is 14. The van der Waals surface area contributed by atoms with Gasteiger partial charge in [0, 0.05) is 37.1 Å². The molecule has 21 nitrogen and oxygen atoms in total. The number of carbonyl (C=O) groups is 9. The lowest BCUT2D eigenvalue weighted by molar-refractivity contribution is -0.152. The Kier molecular flexibility index (Phi) is 23.0. The first-order valence-electron chi connectivity index (χ1n) is 18.5. The molecule has 0 saturated heterocycles. The zero-order chi connectivity index (χ0) is 43.7. The van der Waals surface area contributed by atoms with E-state index >= 15 is 0 Å². The Morgan fingerprint density at radius 2 is 1.54 bits per heavy atom. The predicted molar refractivity (Wildman–Crippen MR) is 212 cm³/mol. The third-order valence-electron chi connectivity index (χ3n) is 8.32. The largest absolute Gasteiger partial charge is 0.480 e. The van der Waals surface area contributed by atoms with Gasteiger partial charge in [-0.05, 0) is 50.2 Å². The molecule has 2 unspecified atom stereocenters. The minimum Gasteiger partial charge on any atom is -0.480 e. The van der Waals surface area contributed by atoms with E-state index in [2.05, 4.69) is 30.5 Å². The summed E-state index contributed by atoms with van der Waals surface area (Å²) in [4.78, 5) is 109. The maximum atomic E-state index is 13.1. The number of nitrogens with zero attached hydrogens (tertiary/aromatic N) is 1. The fraction of sp³-hybridized carbons (Fsp3) is 0.528. The third kappa shape index (κ3) is 20.7. The van der Waals surface area contributed by atoms with Crippen LogP contribution in [-0.4, -0.2) is 130 Å². The highest BCUT2D eigenvalue weighted by molar-refractivity contribution is 8.00. The molecule has 0 fully saturated rings. The Balaban J connectivity index is 1.61. The van der Waals surface area contributed by atoms with Crippen LogP contribution in [0.5, 0.6) is 0 Å². The summed E-state index contributed by atoms with van der Waals surface area (Å²) < 4.78 is 14.8. The lowest BCUT2D eigenvalue weighted by Gasteiger charge is -2.21. The number of rotatable bonds is 28. The molecule has 2 rings (SSSR count). The Labute approximate surface area is 346 Å². The molecule has 1 aliphatic heterocycles. The van der Waals surface area contributed by atoms with Crippen LogP contribution >= 0.6 is 21.0 Å². The van der Waals surface area contributed by atoms with E-state index in [1.807, 2.05) is 6.07 Å². The summed E-state index contributed by atoms with van der Waals surface area (Å²) in [5.74, 6) is -6.29. The Morgan fingerprint density at radius 3 is 2.22 bits per heavy atom. The van der Waals surface area contributed by atoms with E-state index in [1.54, 1.807) is 30.3 Å². The fourth-order valence-corrected chi connectivity index (χ4v) is 6.85. The molecule has 0 aliphatic carbocycles. The number of esters is 1. The Hall–Kier alpha value is -5.47. The molecule has 1 heterocycles. The molecule has 1 aliphatic rings. The van der Waals surface area contributed by atoms with Gasteiger partial charge in [-0.25, -0.2) is 14.4 Å². The SMILES string of the molecule is N[C@@H](CCC(=O)N[C@@H](CSC1C=C(P)N(CCCCCC(=O)OCOC(=O)NCCCC[C@H](NC(=O)OCc2ccccc2)C(=O)O)C1=O)C(=O)NCC(=O)O)C(=O)O. The van der Waals surface area contributed by atoms with E-state index in [4.69, 9.17) is 30.2 Å². The smallest absolute Gasteiger partial charge is 0.410 e. The fourth-order valence-electron chi connectivity index (χ4n) is 5.12. The van der Waals surface area contributed by atoms with Crippen molar-refractivity contribution >= 4 is 74.8 Å². The number of hydrogen-bond donors (Lipinski definition) is 8. The van der Waals surface area contributed by atoms with Crippen molar-refractivity contribution < 1.29 is 72.7 Å². The van der Waals surface area contributed by atoms with Crippen LogP contribution in [0.2, 0.25) is 0 Å². The lowest BCUT2D eigenvalue weighted by Crippen LogP contribution is -2.50. The first-order valence-corrected chi connectivity index (χ1v) is 20.1. The van der Waals surface area contributed by atoms with E-state index in [-0.39, 0.29) is 50.5 Å². The van der Waals surface area contributed by atoms with Crippen molar-refractivity contribution in [2.24, 2.45) is 5.73 Å². The summed E-state index contributed by atoms with van der Waals surface area (Å²) >= 11 is 1.05. The van der Waals surface area contributed by atoms with E-state index in [0.29, 0.717) is 44.1 Å². The number of ether oxygens (including phenoxy) is 3. The van der Waals surface area contributed by atoms with Gasteiger partial charge in [0.2, 0.25) is 24.5 Å². The topological polar surface area (TPSA) is 319 Å². The van der Waals surface area contributed by atoms with Crippen molar-refractivity contribution in [3.63, 3.8) is 0 Å². The molecule has 0 spiro atoms. The number of aliphatic carboxylic acids is 3. The van der Waals surface area contributed by atoms with Crippen LogP contribution < -0.4 is 27.0 Å². The number of amides is 5. The molecule has 9 N–H and O–H groups in total. The number of nitrogens with one attached hydrogen (secondary N) is 4. The first-order chi connectivity index (χ1) is 28.1. The van der Waals surface area contributed by atoms with Crippen molar-refractivity contribution in [1.82, 2.24) is 26.2 Å². The number of unbranched alkanes of at least 4 members (excludes halogenated alkanes) is 3. The molecule has 0 bridgehead atoms. The quantitative estimate of drug-likeness (QED) is 0.0251. The highest BCUT2D eigenvalue weighted by Crippen LogP contribution is 2.30. The molecule has 1 aromatic rings. The Morgan fingerprint density at radius 1 is 0.814 bits per heavy atom. The molecular weight excluding hydrogens is 819 g/mol. The number of thioether (sulfide) groups is 1. The standard InChI is InChI=1S/C36H51N6O15PS/c37-23(33(49)50)13-14-27(43)40-25(31(47)39-18-29(44)45)20-59-26-17-28(58)42(32(26)48)16-8-2-5-12-30(46)56-21-57-35(53)38-15-7-6-11-24(34(51)52)41-36(54)55-19-22-9-3-1-4-10-22/h1,3-4,9-10,17,23-26H,2,5-8,11-16,18-21,37,58H2,(H,38,53)(H,39,47)(H,40,43)(H,41,54)(H,44,45)(H,49,50)(H,51,52)/t23-,24-,25-,26?/m0/s1. The molecular formula is C36H51N6O15PS. The highest BCUT2D eigenvalue weighted by Gasteiger charge is 2.33. The van der Waals surface area contributed by atoms with Crippen LogP contribution in [0.15, 0.2) is 41.8 Å². The van der Waals surface area contributed by atoms with E-state index in [0.717, 1.165) is 17.3 Å². The van der Waals surface area contributed by atoms with Gasteiger partial charge < -0.3 is 61.4 Å². The van der Waals surface area contributed by atoms with Gasteiger partial charge in [-0.15, -0.1) is 11.8 Å². The van der Waals surface area contributed by atoms with Gasteiger partial charge in [-0.2, -0.15) is 0 Å². The number of carboxylic acid groups (broad SMARTS) is 3. The first kappa shape index (κ1) is 49.7. The summed E-state index contributed by atoms with van der Waals surface area (Å²) in [5.41, 5.74) is 6.76. The summed E-state index contributed by atoms with van der Waals surface area (Å²) in [6.45, 7) is -0.867. The third-order valence-corrected chi connectivity index (χ3v) is 10.0. The number of nitrogens with two attached hydrogens (primary N) is 1. The normalized spacial score (nSPS) is 14.8. The van der Waals surface area contributed by atoms with Gasteiger partial charge in [-0.3, -0.25) is 28.8 Å². The van der Waals surface area contributed by atoms with Gasteiger partial charge >= 0.3 is 36.1 Å². The molecule has 326 valence electrons. The van der Waals surface area contributed by atoms with Crippen molar-refractivity contribution in [1.29, 1.82) is 0 Å². The molecule has 59 heavy (non-hydrogen) atoms. The van der Waals surface area contributed by atoms with Crippen LogP contribution in [-0.2, 0) is 54.4 Å². The van der Waals surface area contributed by atoms with Gasteiger partial charge in [0.25, 0.3) is 0 Å². The Bertz CT molecular complexity index is 1650. The maximum absolute atomic E-state index is 13.1. The van der Waals surface area contributed by atoms with Gasteiger partial charge in [-0.1, -0.05) is 46.0 Å². The van der Waals surface area contributed by atoms with Gasteiger partial charge in [0.05, 0.1) is 0 Å². The molecule has 0 aromatic heterocycles. The minimum absolute atomic E-state index is 0.0116. The summed E-state index contributed by atoms with van der Waals surface area (Å²) in [5, 5.41) is 35.9. The van der Waals surface area contributed by atoms with Crippen LogP contribution in [0.3, 0.4) is 0 Å². The number of benzene rings is 1. The molecule has 5 atom stereocenters. The molecule has 5 amide bonds. The average Bonchev–Trinajstić information content (AvgIpc) is 3.46. The van der Waals surface area contributed by atoms with Gasteiger partial charge in [0.15, 0.2) is 0 Å². The summed E-state index contributed by atoms with van der Waals surface area (Å²) in [6.07, 6.45) is 1.79. The van der Waals surface area contributed by atoms with Gasteiger partial charge in [0.1, 0.15) is 36.5 Å². The lowest BCUT2D eigenvalue weighted by atomic mass is 10.1. The zero-order valence-electron chi connectivity index (χ0n) is 32.1. The number of carboxylic acids is 3. The van der Waals surface area contributed by atoms with Crippen LogP contribution in [0, 0.1) is 0 Å². The van der Waals surface area contributed by atoms with Crippen molar-refractivity contribution in [2.45, 2.75) is 87.8 Å². The highest BCUT2D eigenvalue weighted by atomic mass is 32.2. The molecule has 1 aromatic carbocycles. The van der Waals surface area contributed by atoms with Crippen molar-refractivity contribution in [3.05, 3.63) is 47.4 Å². The monoisotopic (exact) mass is 870 g/mol. The van der Waals surface area contributed by atoms with E-state index in [1.165, 1.54) is 4.90 Å². The zero-order valence-corrected chi connectivity index (χ0v) is 34.1. The second-order valence-corrected chi connectivity index (χ2v) is 14.7. The second kappa shape index (κ2) is 27.3.